The Bertz CT molecular complexity index is 1270. The molecule has 0 aliphatic rings. The highest BCUT2D eigenvalue weighted by Gasteiger charge is 2.27. The molecule has 0 aromatic heterocycles. The average molecular weight is 468 g/mol. The van der Waals surface area contributed by atoms with Crippen molar-refractivity contribution in [3.8, 4) is 0 Å². The Labute approximate surface area is 200 Å². The largest absolute Gasteiger partial charge is 0.289 e. The molecule has 0 N–H and O–H groups in total. The zero-order chi connectivity index (χ0) is 24.3. The number of rotatable bonds is 6. The highest BCUT2D eigenvalue weighted by molar-refractivity contribution is 7.95. The number of aryl methyl sites for hydroxylation is 3. The van der Waals surface area contributed by atoms with Gasteiger partial charge in [-0.3, -0.25) is 14.9 Å². The predicted octanol–water partition coefficient (Wildman–Crippen LogP) is 5.50. The average Bonchev–Trinajstić information content (AvgIpc) is 2.84. The van der Waals surface area contributed by atoms with E-state index in [1.54, 1.807) is 0 Å². The smallest absolute Gasteiger partial charge is 0.269 e. The molecule has 0 spiro atoms. The van der Waals surface area contributed by atoms with E-state index in [0.29, 0.717) is 5.56 Å². The molecule has 4 rings (SSSR count). The summed E-state index contributed by atoms with van der Waals surface area (Å²) in [5.74, 6) is 1.71. The van der Waals surface area contributed by atoms with Gasteiger partial charge < -0.3 is 0 Å². The summed E-state index contributed by atoms with van der Waals surface area (Å²) in [5.41, 5.74) is 3.85. The molecule has 0 fully saturated rings. The summed E-state index contributed by atoms with van der Waals surface area (Å²) >= 11 is 0. The van der Waals surface area contributed by atoms with Crippen molar-refractivity contribution in [2.24, 2.45) is 0 Å². The van der Waals surface area contributed by atoms with Gasteiger partial charge >= 0.3 is 0 Å². The highest BCUT2D eigenvalue weighted by Crippen LogP contribution is 2.44. The summed E-state index contributed by atoms with van der Waals surface area (Å²) in [7, 11) is 0. The van der Waals surface area contributed by atoms with Gasteiger partial charge in [-0.05, 0) is 61.5 Å². The maximum atomic E-state index is 13.7. The summed E-state index contributed by atoms with van der Waals surface area (Å²) in [6.07, 6.45) is 0. The van der Waals surface area contributed by atoms with Crippen LogP contribution in [0.25, 0.3) is 0 Å². The van der Waals surface area contributed by atoms with Crippen LogP contribution in [0.5, 0.6) is 0 Å². The molecule has 170 valence electrons. The Morgan fingerprint density at radius 1 is 0.647 bits per heavy atom. The first-order valence-corrected chi connectivity index (χ1v) is 12.9. The topological polar surface area (TPSA) is 60.2 Å². The molecule has 0 saturated carbocycles. The van der Waals surface area contributed by atoms with Crippen LogP contribution >= 0.6 is 6.89 Å². The van der Waals surface area contributed by atoms with Crippen LogP contribution in [0.1, 0.15) is 27.0 Å². The van der Waals surface area contributed by atoms with Gasteiger partial charge in [0.25, 0.3) is 5.69 Å². The maximum Gasteiger partial charge on any atom is 0.269 e. The van der Waals surface area contributed by atoms with Gasteiger partial charge in [0.15, 0.2) is 5.78 Å². The Kier molecular flexibility index (Phi) is 6.63. The first-order valence-electron chi connectivity index (χ1n) is 11.0. The van der Waals surface area contributed by atoms with Crippen LogP contribution in [-0.2, 0) is 0 Å². The molecule has 0 aliphatic heterocycles. The molecule has 4 nitrogen and oxygen atoms in total. The van der Waals surface area contributed by atoms with Gasteiger partial charge in [0.2, 0.25) is 0 Å². The normalized spacial score (nSPS) is 11.1. The van der Waals surface area contributed by atoms with Gasteiger partial charge in [-0.25, -0.2) is 0 Å². The van der Waals surface area contributed by atoms with Gasteiger partial charge in [-0.15, -0.1) is 0 Å². The number of nitro benzene ring substituents is 1. The van der Waals surface area contributed by atoms with Gasteiger partial charge in [0.1, 0.15) is 0 Å². The summed E-state index contributed by atoms with van der Waals surface area (Å²) < 4.78 is 0. The molecule has 4 aromatic carbocycles. The molecule has 0 unspecified atom stereocenters. The van der Waals surface area contributed by atoms with E-state index >= 15 is 0 Å². The Morgan fingerprint density at radius 3 is 1.32 bits per heavy atom. The molecule has 0 aliphatic carbocycles. The van der Waals surface area contributed by atoms with Gasteiger partial charge in [-0.1, -0.05) is 89.5 Å². The minimum absolute atomic E-state index is 0.0341. The lowest BCUT2D eigenvalue weighted by atomic mass is 10.1. The predicted molar refractivity (Wildman–Crippen MR) is 143 cm³/mol. The zero-order valence-electron chi connectivity index (χ0n) is 19.4. The van der Waals surface area contributed by atoms with Crippen molar-refractivity contribution in [1.82, 2.24) is 0 Å². The molecule has 4 aromatic rings. The molecule has 0 saturated heterocycles. The van der Waals surface area contributed by atoms with Crippen molar-refractivity contribution in [3.05, 3.63) is 129 Å². The number of carbonyl (C=O) groups is 1. The van der Waals surface area contributed by atoms with Crippen LogP contribution in [0.4, 0.5) is 5.69 Å². The lowest BCUT2D eigenvalue weighted by molar-refractivity contribution is -0.384. The number of ketones is 1. The molecular weight excluding hydrogens is 441 g/mol. The molecule has 0 amide bonds. The fraction of sp³-hybridized carbons (Fsp3) is 0.103. The highest BCUT2D eigenvalue weighted by atomic mass is 31.2. The van der Waals surface area contributed by atoms with Crippen LogP contribution in [0.2, 0.25) is 0 Å². The first kappa shape index (κ1) is 23.4. The lowest BCUT2D eigenvalue weighted by Gasteiger charge is -2.29. The third-order valence-electron chi connectivity index (χ3n) is 6.00. The van der Waals surface area contributed by atoms with Gasteiger partial charge in [0.05, 0.1) is 4.92 Å². The van der Waals surface area contributed by atoms with Crippen molar-refractivity contribution in [3.63, 3.8) is 0 Å². The van der Waals surface area contributed by atoms with Crippen molar-refractivity contribution >= 4 is 40.1 Å². The Balaban J connectivity index is 2.03. The van der Waals surface area contributed by atoms with Crippen LogP contribution in [0.15, 0.2) is 97.1 Å². The molecule has 0 bridgehead atoms. The standard InChI is InChI=1S/C29H26NO3P/c1-21-4-14-26(15-5-21)34(27-16-6-22(2)7-17-27,28-18-8-23(3)9-19-28)20-29(31)24-10-12-25(13-11-24)30(32)33/h4-20H,1-3H3. The maximum absolute atomic E-state index is 13.7. The molecule has 0 heterocycles. The third-order valence-corrected chi connectivity index (χ3v) is 9.96. The number of nitrogens with zero attached hydrogens (tertiary/aromatic N) is 1. The minimum Gasteiger partial charge on any atom is -0.289 e. The Morgan fingerprint density at radius 2 is 1.00 bits per heavy atom. The summed E-state index contributed by atoms with van der Waals surface area (Å²) in [6.45, 7) is 3.67. The van der Waals surface area contributed by atoms with Crippen molar-refractivity contribution in [2.75, 3.05) is 0 Å². The quantitative estimate of drug-likeness (QED) is 0.163. The van der Waals surface area contributed by atoms with Crippen molar-refractivity contribution in [1.29, 1.82) is 0 Å². The van der Waals surface area contributed by atoms with Crippen LogP contribution in [0.3, 0.4) is 0 Å². The molecule has 5 heteroatoms. The van der Waals surface area contributed by atoms with Crippen molar-refractivity contribution in [2.45, 2.75) is 20.8 Å². The zero-order valence-corrected chi connectivity index (χ0v) is 20.3. The monoisotopic (exact) mass is 467 g/mol. The number of non-ortho nitro benzene ring substituents is 1. The van der Waals surface area contributed by atoms with Crippen LogP contribution in [0, 0.1) is 30.9 Å². The second-order valence-corrected chi connectivity index (χ2v) is 11.8. The van der Waals surface area contributed by atoms with Crippen molar-refractivity contribution < 1.29 is 9.72 Å². The minimum atomic E-state index is -2.47. The SMILES string of the molecule is Cc1ccc(P(=CC(=O)c2ccc([N+](=O)[O-])cc2)(c2ccc(C)cc2)c2ccc(C)cc2)cc1. The van der Waals surface area contributed by atoms with Gasteiger partial charge in [-0.2, -0.15) is 0 Å². The number of carbonyl (C=O) groups excluding carboxylic acids is 1. The molecule has 34 heavy (non-hydrogen) atoms. The summed E-state index contributed by atoms with van der Waals surface area (Å²) in [5, 5.41) is 14.3. The first-order chi connectivity index (χ1) is 16.3. The number of hydrogen-bond acceptors (Lipinski definition) is 3. The van der Waals surface area contributed by atoms with E-state index in [1.165, 1.54) is 24.3 Å². The molecule has 0 atom stereocenters. The number of nitro groups is 1. The van der Waals surface area contributed by atoms with E-state index in [9.17, 15) is 14.9 Å². The van der Waals surface area contributed by atoms with E-state index in [0.717, 1.165) is 32.6 Å². The summed E-state index contributed by atoms with van der Waals surface area (Å²) in [4.78, 5) is 24.3. The molecular formula is C29H26NO3P. The van der Waals surface area contributed by atoms with E-state index in [1.807, 2.05) is 26.6 Å². The Hall–Kier alpha value is -3.75. The lowest BCUT2D eigenvalue weighted by Crippen LogP contribution is -2.29. The number of benzene rings is 4. The van der Waals surface area contributed by atoms with Crippen LogP contribution in [-0.4, -0.2) is 16.5 Å². The second-order valence-electron chi connectivity index (χ2n) is 8.53. The van der Waals surface area contributed by atoms with Crippen LogP contribution < -0.4 is 15.9 Å². The second kappa shape index (κ2) is 9.62. The fourth-order valence-electron chi connectivity index (χ4n) is 4.01. The van der Waals surface area contributed by atoms with E-state index in [2.05, 4.69) is 72.8 Å². The van der Waals surface area contributed by atoms with E-state index in [4.69, 9.17) is 0 Å². The van der Waals surface area contributed by atoms with E-state index in [-0.39, 0.29) is 11.5 Å². The number of hydrogen-bond donors (Lipinski definition) is 0. The van der Waals surface area contributed by atoms with Gasteiger partial charge in [0, 0.05) is 17.7 Å². The van der Waals surface area contributed by atoms with E-state index < -0.39 is 11.8 Å². The fourth-order valence-corrected chi connectivity index (χ4v) is 7.71. The summed E-state index contributed by atoms with van der Waals surface area (Å²) in [6, 6.07) is 31.0. The third kappa shape index (κ3) is 4.64. The molecule has 0 radical (unpaired) electrons. The number of Topliss-reactive ketones (excluding diaryl/α,β-unsaturated/α-hetero) is 1.